The predicted molar refractivity (Wildman–Crippen MR) is 145 cm³/mol. The fourth-order valence-corrected chi connectivity index (χ4v) is 3.80. The Balaban J connectivity index is 2.18. The summed E-state index contributed by atoms with van der Waals surface area (Å²) in [4.78, 5) is 61.8. The van der Waals surface area contributed by atoms with Gasteiger partial charge in [-0.2, -0.15) is 8.78 Å². The van der Waals surface area contributed by atoms with Gasteiger partial charge in [0.1, 0.15) is 18.5 Å². The molecule has 5 N–H and O–H groups in total. The predicted octanol–water partition coefficient (Wildman–Crippen LogP) is 3.25. The van der Waals surface area contributed by atoms with Crippen molar-refractivity contribution in [3.8, 4) is 5.75 Å². The molecule has 0 saturated carbocycles. The molecule has 11 nitrogen and oxygen atoms in total. The van der Waals surface area contributed by atoms with Gasteiger partial charge in [-0.3, -0.25) is 19.2 Å². The van der Waals surface area contributed by atoms with Gasteiger partial charge in [-0.1, -0.05) is 26.0 Å². The molecule has 16 heteroatoms. The van der Waals surface area contributed by atoms with Crippen LogP contribution in [0.4, 0.5) is 32.4 Å². The summed E-state index contributed by atoms with van der Waals surface area (Å²) in [5.74, 6) is -14.3. The lowest BCUT2D eigenvalue weighted by Crippen LogP contribution is -2.54. The molecule has 240 valence electrons. The SMILES string of the molecule is CC(C)CC(NC(=O)C(=O)Nc1ccccc1F)C(=O)NC(CCCCOC(N)=O)C(=O)COc1c(F)c(F)cc(F)c1F. The number of unbranched alkanes of at least 4 members (excludes halogenated alkanes) is 1. The highest BCUT2D eigenvalue weighted by Gasteiger charge is 2.30. The first-order valence-electron chi connectivity index (χ1n) is 13.3. The largest absolute Gasteiger partial charge is 0.479 e. The summed E-state index contributed by atoms with van der Waals surface area (Å²) in [5, 5.41) is 6.67. The third kappa shape index (κ3) is 10.8. The van der Waals surface area contributed by atoms with Gasteiger partial charge in [-0.25, -0.2) is 18.0 Å². The Morgan fingerprint density at radius 3 is 2.07 bits per heavy atom. The lowest BCUT2D eigenvalue weighted by molar-refractivity contribution is -0.138. The van der Waals surface area contributed by atoms with E-state index in [0.29, 0.717) is 0 Å². The second kappa shape index (κ2) is 16.8. The van der Waals surface area contributed by atoms with Gasteiger partial charge in [-0.05, 0) is 43.7 Å². The molecule has 0 heterocycles. The molecule has 2 aromatic rings. The molecule has 0 aliphatic carbocycles. The fraction of sp³-hybridized carbons (Fsp3) is 0.393. The van der Waals surface area contributed by atoms with Crippen LogP contribution in [0.15, 0.2) is 30.3 Å². The molecule has 2 atom stereocenters. The van der Waals surface area contributed by atoms with Crippen LogP contribution in [-0.2, 0) is 23.9 Å². The zero-order valence-electron chi connectivity index (χ0n) is 23.7. The minimum absolute atomic E-state index is 0.0204. The van der Waals surface area contributed by atoms with E-state index in [2.05, 4.69) is 20.7 Å². The number of carbonyl (C=O) groups is 5. The van der Waals surface area contributed by atoms with Crippen LogP contribution in [0.5, 0.6) is 5.75 Å². The molecule has 4 amide bonds. The lowest BCUT2D eigenvalue weighted by atomic mass is 10.0. The van der Waals surface area contributed by atoms with Crippen LogP contribution in [0.2, 0.25) is 0 Å². The van der Waals surface area contributed by atoms with Gasteiger partial charge in [0, 0.05) is 6.07 Å². The number of nitrogens with one attached hydrogen (secondary N) is 3. The van der Waals surface area contributed by atoms with Gasteiger partial charge in [-0.15, -0.1) is 0 Å². The second-order valence-electron chi connectivity index (χ2n) is 9.87. The van der Waals surface area contributed by atoms with E-state index >= 15 is 0 Å². The summed E-state index contributed by atoms with van der Waals surface area (Å²) in [6.45, 7) is 2.12. The van der Waals surface area contributed by atoms with Crippen LogP contribution in [0.3, 0.4) is 0 Å². The van der Waals surface area contributed by atoms with E-state index in [1.54, 1.807) is 13.8 Å². The van der Waals surface area contributed by atoms with Crippen molar-refractivity contribution in [3.63, 3.8) is 0 Å². The van der Waals surface area contributed by atoms with Crippen LogP contribution >= 0.6 is 0 Å². The first kappa shape index (κ1) is 35.4. The zero-order chi connectivity index (χ0) is 33.0. The monoisotopic (exact) mass is 630 g/mol. The van der Waals surface area contributed by atoms with Crippen LogP contribution in [-0.4, -0.2) is 54.9 Å². The number of hydrogen-bond donors (Lipinski definition) is 4. The third-order valence-electron chi connectivity index (χ3n) is 5.92. The third-order valence-corrected chi connectivity index (χ3v) is 5.92. The number of Topliss-reactive ketones (excluding diaryl/α,β-unsaturated/α-hetero) is 1. The number of benzene rings is 2. The summed E-state index contributed by atoms with van der Waals surface area (Å²) in [7, 11) is 0. The first-order valence-corrected chi connectivity index (χ1v) is 13.3. The topological polar surface area (TPSA) is 166 Å². The highest BCUT2D eigenvalue weighted by atomic mass is 19.2. The molecule has 2 unspecified atom stereocenters. The van der Waals surface area contributed by atoms with Gasteiger partial charge in [0.2, 0.25) is 17.5 Å². The second-order valence-corrected chi connectivity index (χ2v) is 9.87. The summed E-state index contributed by atoms with van der Waals surface area (Å²) in [6, 6.07) is 2.19. The van der Waals surface area contributed by atoms with Gasteiger partial charge >= 0.3 is 17.9 Å². The molecule has 0 fully saturated rings. The Morgan fingerprint density at radius 1 is 0.841 bits per heavy atom. The van der Waals surface area contributed by atoms with Crippen molar-refractivity contribution in [2.45, 2.75) is 51.6 Å². The van der Waals surface area contributed by atoms with E-state index in [-0.39, 0.29) is 50.0 Å². The summed E-state index contributed by atoms with van der Waals surface area (Å²) >= 11 is 0. The number of halogens is 5. The average molecular weight is 631 g/mol. The van der Waals surface area contributed by atoms with Gasteiger partial charge in [0.25, 0.3) is 0 Å². The maximum absolute atomic E-state index is 14.0. The molecule has 2 rings (SSSR count). The molecular weight excluding hydrogens is 599 g/mol. The van der Waals surface area contributed by atoms with Crippen molar-refractivity contribution in [3.05, 3.63) is 59.4 Å². The van der Waals surface area contributed by atoms with Crippen molar-refractivity contribution in [1.82, 2.24) is 10.6 Å². The van der Waals surface area contributed by atoms with Gasteiger partial charge in [0.15, 0.2) is 23.2 Å². The van der Waals surface area contributed by atoms with Crippen LogP contribution in [0.1, 0.15) is 39.5 Å². The van der Waals surface area contributed by atoms with Crippen LogP contribution in [0, 0.1) is 35.0 Å². The summed E-state index contributed by atoms with van der Waals surface area (Å²) in [5.41, 5.74) is 4.61. The molecule has 0 spiro atoms. The molecule has 0 saturated heterocycles. The number of primary amides is 1. The Hall–Kier alpha value is -4.76. The van der Waals surface area contributed by atoms with Crippen molar-refractivity contribution in [2.75, 3.05) is 18.5 Å². The smallest absolute Gasteiger partial charge is 0.404 e. The first-order chi connectivity index (χ1) is 20.7. The van der Waals surface area contributed by atoms with E-state index < -0.39 is 83.1 Å². The number of anilines is 1. The lowest BCUT2D eigenvalue weighted by Gasteiger charge is -2.24. The van der Waals surface area contributed by atoms with Crippen molar-refractivity contribution in [2.24, 2.45) is 11.7 Å². The maximum atomic E-state index is 14.0. The quantitative estimate of drug-likeness (QED) is 0.102. The van der Waals surface area contributed by atoms with E-state index in [0.717, 1.165) is 6.07 Å². The van der Waals surface area contributed by atoms with Gasteiger partial charge in [0.05, 0.1) is 18.3 Å². The average Bonchev–Trinajstić information content (AvgIpc) is 2.95. The summed E-state index contributed by atoms with van der Waals surface area (Å²) < 4.78 is 78.3. The highest BCUT2D eigenvalue weighted by molar-refractivity contribution is 6.40. The molecule has 44 heavy (non-hydrogen) atoms. The van der Waals surface area contributed by atoms with E-state index in [1.165, 1.54) is 18.2 Å². The van der Waals surface area contributed by atoms with E-state index in [9.17, 15) is 45.9 Å². The zero-order valence-corrected chi connectivity index (χ0v) is 23.7. The van der Waals surface area contributed by atoms with E-state index in [1.807, 2.05) is 0 Å². The molecule has 0 aromatic heterocycles. The molecular formula is C28H31F5N4O7. The number of rotatable bonds is 15. The van der Waals surface area contributed by atoms with Crippen molar-refractivity contribution < 1.29 is 55.4 Å². The number of carbonyl (C=O) groups excluding carboxylic acids is 5. The Bertz CT molecular complexity index is 1350. The maximum Gasteiger partial charge on any atom is 0.404 e. The molecule has 0 radical (unpaired) electrons. The number of para-hydroxylation sites is 1. The molecule has 0 aliphatic rings. The van der Waals surface area contributed by atoms with Gasteiger partial charge < -0.3 is 31.2 Å². The standard InChI is InChI=1S/C28H31F5N4O7/c1-14(2)11-20(37-27(41)26(40)35-18-8-4-3-7-15(18)29)25(39)36-19(9-5-6-10-43-28(34)42)21(38)13-44-24-22(32)16(30)12-17(31)23(24)33/h3-4,7-8,12,14,19-20H,5-6,9-11,13H2,1-2H3,(H2,34,42)(H,35,40)(H,36,39)(H,37,41). The van der Waals surface area contributed by atoms with Crippen LogP contribution in [0.25, 0.3) is 0 Å². The Kier molecular flexibility index (Phi) is 13.5. The summed E-state index contributed by atoms with van der Waals surface area (Å²) in [6.07, 6.45) is -0.906. The number of ether oxygens (including phenoxy) is 2. The van der Waals surface area contributed by atoms with Crippen molar-refractivity contribution >= 4 is 35.3 Å². The number of amides is 4. The fourth-order valence-electron chi connectivity index (χ4n) is 3.80. The number of ketones is 1. The highest BCUT2D eigenvalue weighted by Crippen LogP contribution is 2.26. The molecule has 2 aromatic carbocycles. The Labute approximate surface area is 248 Å². The molecule has 0 bridgehead atoms. The van der Waals surface area contributed by atoms with Crippen molar-refractivity contribution in [1.29, 1.82) is 0 Å². The molecule has 0 aliphatic heterocycles. The minimum atomic E-state index is -1.88. The number of hydrogen-bond acceptors (Lipinski definition) is 7. The normalized spacial score (nSPS) is 12.2. The van der Waals surface area contributed by atoms with Crippen LogP contribution < -0.4 is 26.4 Å². The number of nitrogens with two attached hydrogens (primary N) is 1. The van der Waals surface area contributed by atoms with E-state index in [4.69, 9.17) is 10.5 Å². The Morgan fingerprint density at radius 2 is 1.48 bits per heavy atom. The minimum Gasteiger partial charge on any atom is -0.479 e.